The van der Waals surface area contributed by atoms with Crippen LogP contribution in [0.15, 0.2) is 24.3 Å². The number of hydrogen-bond acceptors (Lipinski definition) is 2. The van der Waals surface area contributed by atoms with Crippen LogP contribution < -0.4 is 0 Å². The van der Waals surface area contributed by atoms with Gasteiger partial charge in [0, 0.05) is 23.1 Å². The van der Waals surface area contributed by atoms with E-state index in [0.717, 1.165) is 13.0 Å². The van der Waals surface area contributed by atoms with E-state index in [1.165, 1.54) is 54.3 Å². The van der Waals surface area contributed by atoms with Gasteiger partial charge in [0.25, 0.3) is 0 Å². The SMILES string of the molecule is ON1CCc2c([nH]c3ccccc23)C1C1CCCCC1. The molecule has 106 valence electrons. The van der Waals surface area contributed by atoms with E-state index < -0.39 is 0 Å². The molecule has 0 bridgehead atoms. The minimum Gasteiger partial charge on any atom is -0.357 e. The summed E-state index contributed by atoms with van der Waals surface area (Å²) in [6, 6.07) is 8.71. The quantitative estimate of drug-likeness (QED) is 0.821. The van der Waals surface area contributed by atoms with Gasteiger partial charge in [-0.25, -0.2) is 0 Å². The third-order valence-electron chi connectivity index (χ3n) is 5.15. The largest absolute Gasteiger partial charge is 0.357 e. The van der Waals surface area contributed by atoms with Crippen LogP contribution in [0, 0.1) is 5.92 Å². The van der Waals surface area contributed by atoms with Gasteiger partial charge in [-0.05, 0) is 36.8 Å². The molecule has 0 spiro atoms. The van der Waals surface area contributed by atoms with Crippen molar-refractivity contribution in [3.05, 3.63) is 35.5 Å². The lowest BCUT2D eigenvalue weighted by molar-refractivity contribution is -0.153. The lowest BCUT2D eigenvalue weighted by atomic mass is 9.80. The molecule has 2 N–H and O–H groups in total. The average Bonchev–Trinajstić information content (AvgIpc) is 2.86. The van der Waals surface area contributed by atoms with Crippen molar-refractivity contribution in [3.8, 4) is 0 Å². The molecule has 1 aromatic carbocycles. The Kier molecular flexibility index (Phi) is 3.04. The second-order valence-corrected chi connectivity index (χ2v) is 6.32. The summed E-state index contributed by atoms with van der Waals surface area (Å²) in [7, 11) is 0. The third-order valence-corrected chi connectivity index (χ3v) is 5.15. The molecule has 1 aliphatic carbocycles. The van der Waals surface area contributed by atoms with Crippen molar-refractivity contribution in [2.75, 3.05) is 6.54 Å². The van der Waals surface area contributed by atoms with Crippen molar-refractivity contribution >= 4 is 10.9 Å². The van der Waals surface area contributed by atoms with Crippen molar-refractivity contribution in [2.45, 2.75) is 44.6 Å². The fraction of sp³-hybridized carbons (Fsp3) is 0.529. The van der Waals surface area contributed by atoms with E-state index in [1.54, 1.807) is 5.06 Å². The number of nitrogens with one attached hydrogen (secondary N) is 1. The predicted molar refractivity (Wildman–Crippen MR) is 79.8 cm³/mol. The number of nitrogens with zero attached hydrogens (tertiary/aromatic N) is 1. The lowest BCUT2D eigenvalue weighted by Crippen LogP contribution is -2.37. The summed E-state index contributed by atoms with van der Waals surface area (Å²) < 4.78 is 0. The molecule has 1 unspecified atom stereocenters. The van der Waals surface area contributed by atoms with Crippen LogP contribution in [0.1, 0.15) is 49.4 Å². The summed E-state index contributed by atoms with van der Waals surface area (Å²) >= 11 is 0. The molecule has 2 heterocycles. The van der Waals surface area contributed by atoms with Gasteiger partial charge in [-0.15, -0.1) is 0 Å². The number of hydroxylamine groups is 2. The van der Waals surface area contributed by atoms with Crippen LogP contribution >= 0.6 is 0 Å². The fourth-order valence-electron chi connectivity index (χ4n) is 4.19. The number of aromatic nitrogens is 1. The van der Waals surface area contributed by atoms with Gasteiger partial charge in [0.1, 0.15) is 0 Å². The van der Waals surface area contributed by atoms with Crippen LogP contribution in [0.3, 0.4) is 0 Å². The number of benzene rings is 1. The Balaban J connectivity index is 1.80. The number of para-hydroxylation sites is 1. The van der Waals surface area contributed by atoms with Crippen LogP contribution in [0.5, 0.6) is 0 Å². The number of hydrogen-bond donors (Lipinski definition) is 2. The highest BCUT2D eigenvalue weighted by molar-refractivity contribution is 5.85. The number of H-pyrrole nitrogens is 1. The molecule has 1 aliphatic heterocycles. The molecule has 20 heavy (non-hydrogen) atoms. The Morgan fingerprint density at radius 3 is 2.75 bits per heavy atom. The van der Waals surface area contributed by atoms with Gasteiger partial charge in [-0.1, -0.05) is 37.5 Å². The van der Waals surface area contributed by atoms with Gasteiger partial charge in [-0.2, -0.15) is 5.06 Å². The molecule has 3 heteroatoms. The molecule has 1 aromatic heterocycles. The summed E-state index contributed by atoms with van der Waals surface area (Å²) in [5, 5.41) is 13.3. The zero-order valence-electron chi connectivity index (χ0n) is 11.8. The Bertz CT molecular complexity index is 612. The van der Waals surface area contributed by atoms with E-state index in [1.807, 2.05) is 0 Å². The molecule has 0 amide bonds. The Labute approximate surface area is 119 Å². The molecular formula is C17H22N2O. The molecule has 4 rings (SSSR count). The minimum absolute atomic E-state index is 0.173. The van der Waals surface area contributed by atoms with Crippen LogP contribution in [0.25, 0.3) is 10.9 Å². The van der Waals surface area contributed by atoms with Crippen LogP contribution in [-0.2, 0) is 6.42 Å². The maximum atomic E-state index is 10.4. The number of rotatable bonds is 1. The summed E-state index contributed by atoms with van der Waals surface area (Å²) in [6.45, 7) is 0.760. The first-order chi connectivity index (χ1) is 9.84. The van der Waals surface area contributed by atoms with E-state index in [-0.39, 0.29) is 6.04 Å². The molecule has 3 nitrogen and oxygen atoms in total. The maximum Gasteiger partial charge on any atom is 0.0780 e. The van der Waals surface area contributed by atoms with Crippen molar-refractivity contribution in [3.63, 3.8) is 0 Å². The van der Waals surface area contributed by atoms with Gasteiger partial charge >= 0.3 is 0 Å². The van der Waals surface area contributed by atoms with E-state index in [4.69, 9.17) is 0 Å². The van der Waals surface area contributed by atoms with E-state index in [9.17, 15) is 5.21 Å². The first-order valence-electron chi connectivity index (χ1n) is 7.89. The molecular weight excluding hydrogens is 248 g/mol. The molecule has 1 saturated carbocycles. The second kappa shape index (κ2) is 4.90. The molecule has 1 fully saturated rings. The van der Waals surface area contributed by atoms with E-state index >= 15 is 0 Å². The van der Waals surface area contributed by atoms with Gasteiger partial charge in [0.05, 0.1) is 6.04 Å². The summed E-state index contributed by atoms with van der Waals surface area (Å²) in [5.74, 6) is 0.598. The van der Waals surface area contributed by atoms with Gasteiger partial charge in [-0.3, -0.25) is 0 Å². The normalized spacial score (nSPS) is 24.9. The van der Waals surface area contributed by atoms with Crippen molar-refractivity contribution < 1.29 is 5.21 Å². The van der Waals surface area contributed by atoms with Gasteiger partial charge in [0.2, 0.25) is 0 Å². The van der Waals surface area contributed by atoms with E-state index in [0.29, 0.717) is 5.92 Å². The fourth-order valence-corrected chi connectivity index (χ4v) is 4.19. The molecule has 1 atom stereocenters. The van der Waals surface area contributed by atoms with Crippen LogP contribution in [0.4, 0.5) is 0 Å². The molecule has 0 radical (unpaired) electrons. The zero-order valence-corrected chi connectivity index (χ0v) is 11.8. The topological polar surface area (TPSA) is 39.3 Å². The number of aromatic amines is 1. The minimum atomic E-state index is 0.173. The van der Waals surface area contributed by atoms with Crippen molar-refractivity contribution in [1.82, 2.24) is 10.0 Å². The number of fused-ring (bicyclic) bond motifs is 3. The van der Waals surface area contributed by atoms with Crippen LogP contribution in [0.2, 0.25) is 0 Å². The summed E-state index contributed by atoms with van der Waals surface area (Å²) in [4.78, 5) is 3.59. The molecule has 2 aromatic rings. The Morgan fingerprint density at radius 1 is 1.10 bits per heavy atom. The maximum absolute atomic E-state index is 10.4. The Hall–Kier alpha value is -1.32. The third kappa shape index (κ3) is 1.88. The highest BCUT2D eigenvalue weighted by atomic mass is 16.5. The average molecular weight is 270 g/mol. The standard InChI is InChI=1S/C17H22N2O/c20-19-11-10-14-13-8-4-5-9-15(13)18-16(14)17(19)12-6-2-1-3-7-12/h4-5,8-9,12,17-18,20H,1-3,6-7,10-11H2. The van der Waals surface area contributed by atoms with Crippen LogP contribution in [-0.4, -0.2) is 21.8 Å². The highest BCUT2D eigenvalue weighted by Crippen LogP contribution is 2.42. The first kappa shape index (κ1) is 12.4. The second-order valence-electron chi connectivity index (χ2n) is 6.32. The monoisotopic (exact) mass is 270 g/mol. The molecule has 2 aliphatic rings. The van der Waals surface area contributed by atoms with Gasteiger partial charge < -0.3 is 10.2 Å². The smallest absolute Gasteiger partial charge is 0.0780 e. The summed E-state index contributed by atoms with van der Waals surface area (Å²) in [6.07, 6.45) is 7.41. The first-order valence-corrected chi connectivity index (χ1v) is 7.89. The lowest BCUT2D eigenvalue weighted by Gasteiger charge is -2.38. The van der Waals surface area contributed by atoms with Crippen molar-refractivity contribution in [1.29, 1.82) is 0 Å². The predicted octanol–water partition coefficient (Wildman–Crippen LogP) is 4.04. The van der Waals surface area contributed by atoms with Crippen molar-refractivity contribution in [2.24, 2.45) is 5.92 Å². The summed E-state index contributed by atoms with van der Waals surface area (Å²) in [5.41, 5.74) is 3.92. The van der Waals surface area contributed by atoms with E-state index in [2.05, 4.69) is 29.2 Å². The van der Waals surface area contributed by atoms with Gasteiger partial charge in [0.15, 0.2) is 0 Å². The zero-order chi connectivity index (χ0) is 13.5. The highest BCUT2D eigenvalue weighted by Gasteiger charge is 2.35. The Morgan fingerprint density at radius 2 is 1.90 bits per heavy atom. The molecule has 0 saturated heterocycles.